The fourth-order valence-electron chi connectivity index (χ4n) is 4.97. The third-order valence-corrected chi connectivity index (χ3v) is 6.85. The molecule has 1 saturated heterocycles. The van der Waals surface area contributed by atoms with Crippen molar-refractivity contribution in [3.63, 3.8) is 0 Å². The van der Waals surface area contributed by atoms with E-state index in [1.54, 1.807) is 9.80 Å². The Morgan fingerprint density at radius 1 is 1.06 bits per heavy atom. The molecule has 4 rings (SSSR count). The van der Waals surface area contributed by atoms with Crippen molar-refractivity contribution in [2.24, 2.45) is 0 Å². The molecule has 1 N–H and O–H groups in total. The molecule has 0 bridgehead atoms. The number of benzene rings is 1. The first-order valence-corrected chi connectivity index (χ1v) is 11.5. The van der Waals surface area contributed by atoms with Crippen molar-refractivity contribution in [1.29, 1.82) is 0 Å². The molecule has 0 aromatic heterocycles. The fraction of sp³-hybridized carbons (Fsp3) is 0.542. The van der Waals surface area contributed by atoms with Gasteiger partial charge in [0, 0.05) is 32.7 Å². The summed E-state index contributed by atoms with van der Waals surface area (Å²) in [5.74, 6) is -0.191. The van der Waals surface area contributed by atoms with Gasteiger partial charge in [0.25, 0.3) is 5.91 Å². The van der Waals surface area contributed by atoms with E-state index < -0.39 is 6.04 Å². The zero-order valence-corrected chi connectivity index (χ0v) is 19.5. The molecule has 1 aromatic carbocycles. The van der Waals surface area contributed by atoms with Gasteiger partial charge in [0.05, 0.1) is 23.9 Å². The van der Waals surface area contributed by atoms with Gasteiger partial charge >= 0.3 is 6.03 Å². The van der Waals surface area contributed by atoms with Crippen LogP contribution in [0.25, 0.3) is 0 Å². The Labute approximate surface area is 189 Å². The van der Waals surface area contributed by atoms with Crippen LogP contribution in [0.2, 0.25) is 0 Å². The van der Waals surface area contributed by atoms with E-state index in [-0.39, 0.29) is 30.9 Å². The van der Waals surface area contributed by atoms with Crippen molar-refractivity contribution in [2.75, 3.05) is 52.4 Å². The maximum absolute atomic E-state index is 13.5. The summed E-state index contributed by atoms with van der Waals surface area (Å²) in [6, 6.07) is 5.34. The molecule has 1 aromatic rings. The molecule has 0 saturated carbocycles. The molecule has 0 spiro atoms. The number of amides is 4. The summed E-state index contributed by atoms with van der Waals surface area (Å²) >= 11 is 0. The first kappa shape index (κ1) is 22.3. The average molecular weight is 440 g/mol. The van der Waals surface area contributed by atoms with E-state index in [0.717, 1.165) is 42.0 Å². The first-order valence-electron chi connectivity index (χ1n) is 11.5. The molecule has 1 atom stereocenters. The molecule has 8 nitrogen and oxygen atoms in total. The quantitative estimate of drug-likeness (QED) is 0.757. The smallest absolute Gasteiger partial charge is 0.322 e. The van der Waals surface area contributed by atoms with Crippen LogP contribution in [-0.4, -0.2) is 89.8 Å². The number of hydrogen-bond donors (Lipinski definition) is 1. The van der Waals surface area contributed by atoms with Gasteiger partial charge in [-0.1, -0.05) is 30.7 Å². The van der Waals surface area contributed by atoms with Crippen LogP contribution in [0.4, 0.5) is 4.79 Å². The Bertz CT molecular complexity index is 964. The van der Waals surface area contributed by atoms with Crippen molar-refractivity contribution >= 4 is 17.8 Å². The van der Waals surface area contributed by atoms with Gasteiger partial charge in [-0.3, -0.25) is 14.5 Å². The van der Waals surface area contributed by atoms with Crippen molar-refractivity contribution in [3.05, 3.63) is 46.2 Å². The number of piperazine rings is 1. The summed E-state index contributed by atoms with van der Waals surface area (Å²) in [6.07, 6.45) is 0. The highest BCUT2D eigenvalue weighted by Crippen LogP contribution is 2.37. The van der Waals surface area contributed by atoms with Gasteiger partial charge in [-0.25, -0.2) is 4.79 Å². The lowest BCUT2D eigenvalue weighted by Crippen LogP contribution is -2.51. The molecule has 3 aliphatic rings. The van der Waals surface area contributed by atoms with E-state index in [2.05, 4.69) is 23.2 Å². The lowest BCUT2D eigenvalue weighted by Gasteiger charge is -2.34. The summed E-state index contributed by atoms with van der Waals surface area (Å²) in [5, 5.41) is 3.03. The second kappa shape index (κ2) is 8.94. The Morgan fingerprint density at radius 2 is 1.78 bits per heavy atom. The molecule has 0 unspecified atom stereocenters. The second-order valence-electron chi connectivity index (χ2n) is 8.82. The molecule has 8 heteroatoms. The van der Waals surface area contributed by atoms with Gasteiger partial charge in [0.15, 0.2) is 0 Å². The highest BCUT2D eigenvalue weighted by molar-refractivity contribution is 6.03. The number of urea groups is 1. The minimum Gasteiger partial charge on any atom is -0.339 e. The molecule has 172 valence electrons. The Hall–Kier alpha value is -2.87. The van der Waals surface area contributed by atoms with E-state index in [1.807, 2.05) is 37.8 Å². The van der Waals surface area contributed by atoms with Gasteiger partial charge in [-0.2, -0.15) is 0 Å². The van der Waals surface area contributed by atoms with Crippen LogP contribution >= 0.6 is 0 Å². The van der Waals surface area contributed by atoms with Crippen LogP contribution < -0.4 is 5.32 Å². The number of nitrogens with zero attached hydrogens (tertiary/aromatic N) is 4. The monoisotopic (exact) mass is 439 g/mol. The zero-order chi connectivity index (χ0) is 23.0. The van der Waals surface area contributed by atoms with Crippen molar-refractivity contribution in [2.45, 2.75) is 33.7 Å². The van der Waals surface area contributed by atoms with Crippen LogP contribution in [0, 0.1) is 13.8 Å². The standard InChI is InChI=1S/C24H33N5O3/c1-5-26-9-11-27(12-10-26)20(30)15-28-14-19-21(23(28)31)22(25-24(32)29(19)6-2)18-8-7-16(3)13-17(18)4/h7-8,13,22H,5-6,9-12,14-15H2,1-4H3,(H,25,32)/t22-/m1/s1. The Morgan fingerprint density at radius 3 is 2.41 bits per heavy atom. The first-order chi connectivity index (χ1) is 15.3. The van der Waals surface area contributed by atoms with Crippen molar-refractivity contribution < 1.29 is 14.4 Å². The highest BCUT2D eigenvalue weighted by Gasteiger charge is 2.44. The van der Waals surface area contributed by atoms with Crippen LogP contribution in [0.1, 0.15) is 36.6 Å². The number of nitrogens with one attached hydrogen (secondary N) is 1. The second-order valence-corrected chi connectivity index (χ2v) is 8.82. The zero-order valence-electron chi connectivity index (χ0n) is 19.5. The number of carbonyl (C=O) groups is 3. The number of aryl methyl sites for hydroxylation is 2. The SMILES string of the molecule is CCN1CCN(C(=O)CN2CC3=C(C2=O)[C@@H](c2ccc(C)cc2C)NC(=O)N3CC)CC1. The van der Waals surface area contributed by atoms with Crippen molar-refractivity contribution in [1.82, 2.24) is 24.9 Å². The maximum atomic E-state index is 13.5. The third-order valence-electron chi connectivity index (χ3n) is 6.85. The van der Waals surface area contributed by atoms with E-state index in [0.29, 0.717) is 25.2 Å². The summed E-state index contributed by atoms with van der Waals surface area (Å²) in [5.41, 5.74) is 4.38. The van der Waals surface area contributed by atoms with Gasteiger partial charge in [0.1, 0.15) is 6.54 Å². The summed E-state index contributed by atoms with van der Waals surface area (Å²) < 4.78 is 0. The highest BCUT2D eigenvalue weighted by atomic mass is 16.2. The predicted molar refractivity (Wildman–Crippen MR) is 122 cm³/mol. The van der Waals surface area contributed by atoms with Gasteiger partial charge in [-0.15, -0.1) is 0 Å². The van der Waals surface area contributed by atoms with Gasteiger partial charge in [-0.05, 0) is 38.4 Å². The summed E-state index contributed by atoms with van der Waals surface area (Å²) in [6.45, 7) is 12.9. The molecule has 0 radical (unpaired) electrons. The number of rotatable bonds is 5. The topological polar surface area (TPSA) is 76.2 Å². The number of carbonyl (C=O) groups excluding carboxylic acids is 3. The Balaban J connectivity index is 1.56. The minimum atomic E-state index is -0.499. The van der Waals surface area contributed by atoms with E-state index in [9.17, 15) is 14.4 Å². The molecule has 1 fully saturated rings. The minimum absolute atomic E-state index is 0.0284. The summed E-state index contributed by atoms with van der Waals surface area (Å²) in [4.78, 5) is 46.7. The van der Waals surface area contributed by atoms with Crippen LogP contribution in [0.15, 0.2) is 29.5 Å². The van der Waals surface area contributed by atoms with E-state index in [1.165, 1.54) is 0 Å². The predicted octanol–water partition coefficient (Wildman–Crippen LogP) is 1.65. The van der Waals surface area contributed by atoms with Gasteiger partial charge in [0.2, 0.25) is 5.91 Å². The molecule has 3 aliphatic heterocycles. The van der Waals surface area contributed by atoms with Gasteiger partial charge < -0.3 is 20.0 Å². The molecular formula is C24H33N5O3. The number of hydrogen-bond acceptors (Lipinski definition) is 4. The number of likely N-dealkylation sites (N-methyl/N-ethyl adjacent to an activating group) is 2. The Kier molecular flexibility index (Phi) is 6.24. The van der Waals surface area contributed by atoms with Crippen molar-refractivity contribution in [3.8, 4) is 0 Å². The van der Waals surface area contributed by atoms with Crippen LogP contribution in [0.5, 0.6) is 0 Å². The normalized spacial score (nSPS) is 21.9. The average Bonchev–Trinajstić information content (AvgIpc) is 3.09. The molecule has 32 heavy (non-hydrogen) atoms. The lowest BCUT2D eigenvalue weighted by atomic mass is 9.91. The largest absolute Gasteiger partial charge is 0.339 e. The van der Waals surface area contributed by atoms with E-state index in [4.69, 9.17) is 0 Å². The molecule has 4 amide bonds. The lowest BCUT2D eigenvalue weighted by molar-refractivity contribution is -0.138. The third kappa shape index (κ3) is 3.99. The molecule has 3 heterocycles. The van der Waals surface area contributed by atoms with E-state index >= 15 is 0 Å². The maximum Gasteiger partial charge on any atom is 0.322 e. The molecular weight excluding hydrogens is 406 g/mol. The summed E-state index contributed by atoms with van der Waals surface area (Å²) in [7, 11) is 0. The fourth-order valence-corrected chi connectivity index (χ4v) is 4.97. The van der Waals surface area contributed by atoms with Crippen LogP contribution in [-0.2, 0) is 9.59 Å². The molecule has 0 aliphatic carbocycles. The van der Waals surface area contributed by atoms with Crippen LogP contribution in [0.3, 0.4) is 0 Å².